The van der Waals surface area contributed by atoms with Gasteiger partial charge in [-0.3, -0.25) is 14.9 Å². The monoisotopic (exact) mass is 525 g/mol. The number of nitrogens with zero attached hydrogens (tertiary/aromatic N) is 2. The van der Waals surface area contributed by atoms with E-state index in [1.165, 1.54) is 11.9 Å². The van der Waals surface area contributed by atoms with E-state index in [4.69, 9.17) is 9.84 Å². The molecule has 0 saturated carbocycles. The van der Waals surface area contributed by atoms with Crippen LogP contribution >= 0.6 is 31.9 Å². The molecule has 0 aliphatic heterocycles. The molecular formula is C16H21Br2N3O7. The Hall–Kier alpha value is -2.08. The summed E-state index contributed by atoms with van der Waals surface area (Å²) in [5.74, 6) is -1.12. The zero-order valence-corrected chi connectivity index (χ0v) is 18.9. The zero-order valence-electron chi connectivity index (χ0n) is 15.7. The van der Waals surface area contributed by atoms with Gasteiger partial charge in [0.15, 0.2) is 6.23 Å². The van der Waals surface area contributed by atoms with Crippen molar-refractivity contribution in [3.05, 3.63) is 31.2 Å². The highest BCUT2D eigenvalue weighted by Crippen LogP contribution is 2.38. The van der Waals surface area contributed by atoms with Crippen LogP contribution in [0.25, 0.3) is 0 Å². The molecule has 0 aromatic heterocycles. The molecule has 0 spiro atoms. The molecule has 2 N–H and O–H groups in total. The SMILES string of the molecule is CN(c1cc(Br)cc(Br)c1NC(=O)OC(C)(C)C)C(CCC(=O)O)O[N+](=O)[O-]. The summed E-state index contributed by atoms with van der Waals surface area (Å²) >= 11 is 6.66. The number of carbonyl (C=O) groups excluding carboxylic acids is 1. The largest absolute Gasteiger partial charge is 0.481 e. The Bertz CT molecular complexity index is 752. The normalized spacial score (nSPS) is 12.1. The quantitative estimate of drug-likeness (QED) is 0.289. The van der Waals surface area contributed by atoms with Crippen molar-refractivity contribution in [1.29, 1.82) is 0 Å². The molecule has 1 unspecified atom stereocenters. The standard InChI is InChI=1S/C16H21Br2N3O7/c1-16(2,3)27-15(24)19-14-10(18)7-9(17)8-11(14)20(4)12(28-21(25)26)5-6-13(22)23/h7-8,12H,5-6H2,1-4H3,(H,19,24)(H,22,23). The molecule has 0 radical (unpaired) electrons. The van der Waals surface area contributed by atoms with Gasteiger partial charge in [-0.25, -0.2) is 4.79 Å². The van der Waals surface area contributed by atoms with Gasteiger partial charge in [-0.1, -0.05) is 15.9 Å². The molecule has 0 aliphatic carbocycles. The summed E-state index contributed by atoms with van der Waals surface area (Å²) in [6.07, 6.45) is -2.40. The molecule has 0 heterocycles. The molecule has 0 bridgehead atoms. The van der Waals surface area contributed by atoms with Crippen LogP contribution in [0.15, 0.2) is 21.1 Å². The lowest BCUT2D eigenvalue weighted by atomic mass is 10.2. The predicted octanol–water partition coefficient (Wildman–Crippen LogP) is 4.39. The molecule has 12 heteroatoms. The smallest absolute Gasteiger partial charge is 0.412 e. The molecule has 1 atom stereocenters. The van der Waals surface area contributed by atoms with Crippen molar-refractivity contribution in [3.63, 3.8) is 0 Å². The van der Waals surface area contributed by atoms with E-state index < -0.39 is 29.0 Å². The van der Waals surface area contributed by atoms with Gasteiger partial charge in [0.1, 0.15) is 5.60 Å². The number of rotatable bonds is 8. The summed E-state index contributed by atoms with van der Waals surface area (Å²) in [5, 5.41) is 21.3. The van der Waals surface area contributed by atoms with Crippen LogP contribution in [0.5, 0.6) is 0 Å². The first-order chi connectivity index (χ1) is 12.8. The van der Waals surface area contributed by atoms with E-state index in [0.717, 1.165) is 0 Å². The summed E-state index contributed by atoms with van der Waals surface area (Å²) < 4.78 is 6.35. The minimum Gasteiger partial charge on any atom is -0.481 e. The topological polar surface area (TPSA) is 131 Å². The Morgan fingerprint density at radius 1 is 1.36 bits per heavy atom. The van der Waals surface area contributed by atoms with Crippen LogP contribution in [0.1, 0.15) is 33.6 Å². The van der Waals surface area contributed by atoms with Crippen LogP contribution in [-0.2, 0) is 14.4 Å². The molecular weight excluding hydrogens is 506 g/mol. The van der Waals surface area contributed by atoms with Gasteiger partial charge in [-0.05, 0) is 48.8 Å². The average molecular weight is 527 g/mol. The van der Waals surface area contributed by atoms with E-state index in [0.29, 0.717) is 14.6 Å². The second-order valence-electron chi connectivity index (χ2n) is 6.74. The number of amides is 1. The second-order valence-corrected chi connectivity index (χ2v) is 8.51. The first-order valence-electron chi connectivity index (χ1n) is 8.05. The third-order valence-electron chi connectivity index (χ3n) is 3.28. The number of aliphatic carboxylic acids is 1. The fourth-order valence-corrected chi connectivity index (χ4v) is 3.49. The van der Waals surface area contributed by atoms with Crippen molar-refractivity contribution in [1.82, 2.24) is 0 Å². The minimum atomic E-state index is -1.19. The Labute approximate surface area is 178 Å². The third-order valence-corrected chi connectivity index (χ3v) is 4.37. The van der Waals surface area contributed by atoms with Crippen LogP contribution in [0, 0.1) is 10.1 Å². The minimum absolute atomic E-state index is 0.150. The molecule has 0 aliphatic rings. The number of anilines is 2. The van der Waals surface area contributed by atoms with Crippen LogP contribution in [0.3, 0.4) is 0 Å². The number of hydrogen-bond acceptors (Lipinski definition) is 7. The molecule has 28 heavy (non-hydrogen) atoms. The number of benzene rings is 1. The van der Waals surface area contributed by atoms with E-state index in [9.17, 15) is 19.7 Å². The highest BCUT2D eigenvalue weighted by atomic mass is 79.9. The number of carboxylic acids is 1. The summed E-state index contributed by atoms with van der Waals surface area (Å²) in [6.45, 7) is 5.13. The Morgan fingerprint density at radius 2 is 1.96 bits per heavy atom. The van der Waals surface area contributed by atoms with E-state index in [2.05, 4.69) is 42.0 Å². The van der Waals surface area contributed by atoms with Crippen molar-refractivity contribution >= 4 is 55.3 Å². The Balaban J connectivity index is 3.25. The lowest BCUT2D eigenvalue weighted by Gasteiger charge is -2.30. The molecule has 0 fully saturated rings. The molecule has 1 aromatic carbocycles. The molecule has 1 rings (SSSR count). The predicted molar refractivity (Wildman–Crippen MR) is 109 cm³/mol. The Kier molecular flexibility index (Phi) is 8.48. The van der Waals surface area contributed by atoms with Crippen molar-refractivity contribution in [3.8, 4) is 0 Å². The fourth-order valence-electron chi connectivity index (χ4n) is 2.19. The molecule has 156 valence electrons. The lowest BCUT2D eigenvalue weighted by molar-refractivity contribution is -0.768. The van der Waals surface area contributed by atoms with E-state index in [1.807, 2.05) is 0 Å². The first kappa shape index (κ1) is 24.0. The number of carboxylic acid groups (broad SMARTS) is 1. The summed E-state index contributed by atoms with van der Waals surface area (Å²) in [7, 11) is 1.49. The van der Waals surface area contributed by atoms with Gasteiger partial charge >= 0.3 is 12.1 Å². The molecule has 1 aromatic rings. The molecule has 0 saturated heterocycles. The van der Waals surface area contributed by atoms with Crippen LogP contribution in [0.4, 0.5) is 16.2 Å². The summed E-state index contributed by atoms with van der Waals surface area (Å²) in [6, 6.07) is 3.28. The maximum absolute atomic E-state index is 12.2. The molecule has 10 nitrogen and oxygen atoms in total. The van der Waals surface area contributed by atoms with E-state index >= 15 is 0 Å². The maximum Gasteiger partial charge on any atom is 0.412 e. The number of nitrogens with one attached hydrogen (secondary N) is 1. The third kappa shape index (κ3) is 7.89. The van der Waals surface area contributed by atoms with Gasteiger partial charge in [-0.15, -0.1) is 10.1 Å². The number of halogens is 2. The van der Waals surface area contributed by atoms with Crippen molar-refractivity contribution < 1.29 is 29.4 Å². The summed E-state index contributed by atoms with van der Waals surface area (Å²) in [4.78, 5) is 39.9. The molecule has 1 amide bonds. The van der Waals surface area contributed by atoms with Gasteiger partial charge in [0, 0.05) is 28.8 Å². The average Bonchev–Trinajstić information content (AvgIpc) is 2.50. The van der Waals surface area contributed by atoms with Gasteiger partial charge < -0.3 is 14.7 Å². The highest BCUT2D eigenvalue weighted by Gasteiger charge is 2.26. The van der Waals surface area contributed by atoms with Gasteiger partial charge in [0.25, 0.3) is 5.09 Å². The first-order valence-corrected chi connectivity index (χ1v) is 9.63. The van der Waals surface area contributed by atoms with Crippen molar-refractivity contribution in [2.45, 2.75) is 45.4 Å². The van der Waals surface area contributed by atoms with Gasteiger partial charge in [0.05, 0.1) is 11.4 Å². The van der Waals surface area contributed by atoms with Crippen molar-refractivity contribution in [2.75, 3.05) is 17.3 Å². The summed E-state index contributed by atoms with van der Waals surface area (Å²) in [5.41, 5.74) is -0.0897. The number of ether oxygens (including phenoxy) is 1. The second kappa shape index (κ2) is 9.92. The zero-order chi connectivity index (χ0) is 21.6. The number of hydrogen-bond donors (Lipinski definition) is 2. The Morgan fingerprint density at radius 3 is 2.46 bits per heavy atom. The van der Waals surface area contributed by atoms with Gasteiger partial charge in [0.2, 0.25) is 0 Å². The van der Waals surface area contributed by atoms with E-state index in [-0.39, 0.29) is 18.5 Å². The van der Waals surface area contributed by atoms with Crippen LogP contribution < -0.4 is 10.2 Å². The van der Waals surface area contributed by atoms with E-state index in [1.54, 1.807) is 32.9 Å². The highest BCUT2D eigenvalue weighted by molar-refractivity contribution is 9.11. The van der Waals surface area contributed by atoms with Gasteiger partial charge in [-0.2, -0.15) is 0 Å². The lowest BCUT2D eigenvalue weighted by Crippen LogP contribution is -2.37. The maximum atomic E-state index is 12.2. The number of carbonyl (C=O) groups is 2. The van der Waals surface area contributed by atoms with Crippen LogP contribution in [0.2, 0.25) is 0 Å². The van der Waals surface area contributed by atoms with Crippen molar-refractivity contribution in [2.24, 2.45) is 0 Å². The fraction of sp³-hybridized carbons (Fsp3) is 0.500. The van der Waals surface area contributed by atoms with Crippen LogP contribution in [-0.4, -0.2) is 41.1 Å².